The number of aromatic amines is 1. The summed E-state index contributed by atoms with van der Waals surface area (Å²) in [5.41, 5.74) is -0.0610. The third-order valence-corrected chi connectivity index (χ3v) is 6.01. The zero-order chi connectivity index (χ0) is 22.9. The lowest BCUT2D eigenvalue weighted by Crippen LogP contribution is -2.47. The molecule has 11 heteroatoms. The molecule has 32 heavy (non-hydrogen) atoms. The summed E-state index contributed by atoms with van der Waals surface area (Å²) in [7, 11) is 0. The first kappa shape index (κ1) is 22.4. The van der Waals surface area contributed by atoms with E-state index >= 15 is 0 Å². The summed E-state index contributed by atoms with van der Waals surface area (Å²) in [6, 6.07) is 1.68. The zero-order valence-corrected chi connectivity index (χ0v) is 17.7. The van der Waals surface area contributed by atoms with E-state index in [2.05, 4.69) is 19.9 Å². The molecule has 0 radical (unpaired) electrons. The zero-order valence-electron chi connectivity index (χ0n) is 16.9. The van der Waals surface area contributed by atoms with Gasteiger partial charge in [-0.05, 0) is 18.9 Å². The van der Waals surface area contributed by atoms with Crippen LogP contribution in [0.5, 0.6) is 0 Å². The summed E-state index contributed by atoms with van der Waals surface area (Å²) in [4.78, 5) is 28.4. The summed E-state index contributed by atoms with van der Waals surface area (Å²) in [6.07, 6.45) is 2.42. The predicted molar refractivity (Wildman–Crippen MR) is 110 cm³/mol. The number of aromatic nitrogens is 4. The maximum Gasteiger partial charge on any atom is 0.405 e. The smallest absolute Gasteiger partial charge is 0.346 e. The van der Waals surface area contributed by atoms with E-state index in [-0.39, 0.29) is 17.9 Å². The number of alkyl halides is 3. The number of nitrogens with zero attached hydrogens (tertiary/aromatic N) is 3. The molecule has 1 aliphatic rings. The van der Waals surface area contributed by atoms with Crippen LogP contribution in [-0.2, 0) is 11.2 Å². The minimum atomic E-state index is -4.52. The van der Waals surface area contributed by atoms with E-state index in [1.807, 2.05) is 5.32 Å². The average molecular weight is 470 g/mol. The number of rotatable bonds is 5. The molecule has 2 N–H and O–H groups in total. The van der Waals surface area contributed by atoms with E-state index in [4.69, 9.17) is 11.6 Å². The van der Waals surface area contributed by atoms with Crippen molar-refractivity contribution in [1.29, 1.82) is 0 Å². The number of fused-ring (bicyclic) bond motifs is 1. The molecular formula is C21H20ClF4N5O. The molecule has 4 rings (SSSR count). The molecule has 1 fully saturated rings. The fourth-order valence-corrected chi connectivity index (χ4v) is 4.38. The maximum atomic E-state index is 14.7. The van der Waals surface area contributed by atoms with E-state index in [0.29, 0.717) is 47.3 Å². The number of H-pyrrole nitrogens is 1. The van der Waals surface area contributed by atoms with Crippen molar-refractivity contribution in [1.82, 2.24) is 25.3 Å². The van der Waals surface area contributed by atoms with Gasteiger partial charge in [0.15, 0.2) is 11.6 Å². The molecule has 6 nitrogen and oxygen atoms in total. The maximum absolute atomic E-state index is 14.7. The summed E-state index contributed by atoms with van der Waals surface area (Å²) in [5.74, 6) is -1.23. The molecule has 1 amide bonds. The average Bonchev–Trinajstić information content (AvgIpc) is 3.17. The Balaban J connectivity index is 1.67. The Morgan fingerprint density at radius 3 is 2.66 bits per heavy atom. The highest BCUT2D eigenvalue weighted by molar-refractivity contribution is 6.31. The van der Waals surface area contributed by atoms with Crippen LogP contribution >= 0.6 is 11.6 Å². The molecule has 3 aromatic rings. The molecule has 3 heterocycles. The van der Waals surface area contributed by atoms with Crippen molar-refractivity contribution in [2.45, 2.75) is 44.7 Å². The summed E-state index contributed by atoms with van der Waals surface area (Å²) < 4.78 is 52.6. The van der Waals surface area contributed by atoms with Gasteiger partial charge in [-0.15, -0.1) is 0 Å². The number of halogens is 5. The number of amides is 1. The second-order valence-corrected chi connectivity index (χ2v) is 8.49. The van der Waals surface area contributed by atoms with Gasteiger partial charge in [-0.25, -0.2) is 19.3 Å². The SMILES string of the molecule is O=C(NCC(F)(F)F)C1(Cc2nc(-c3c[nH]c4ncc(Cl)cc34)ncc2F)CCCCC1. The highest BCUT2D eigenvalue weighted by Crippen LogP contribution is 2.40. The van der Waals surface area contributed by atoms with Crippen molar-refractivity contribution in [3.8, 4) is 11.4 Å². The number of carbonyl (C=O) groups excluding carboxylic acids is 1. The molecular weight excluding hydrogens is 450 g/mol. The van der Waals surface area contributed by atoms with Gasteiger partial charge in [0.1, 0.15) is 12.2 Å². The van der Waals surface area contributed by atoms with Gasteiger partial charge in [0.25, 0.3) is 0 Å². The highest BCUT2D eigenvalue weighted by atomic mass is 35.5. The van der Waals surface area contributed by atoms with E-state index in [1.165, 1.54) is 6.20 Å². The predicted octanol–water partition coefficient (Wildman–Crippen LogP) is 4.98. The van der Waals surface area contributed by atoms with E-state index in [1.54, 1.807) is 12.3 Å². The van der Waals surface area contributed by atoms with Gasteiger partial charge in [0.05, 0.1) is 22.3 Å². The van der Waals surface area contributed by atoms with E-state index in [9.17, 15) is 22.4 Å². The number of carbonyl (C=O) groups is 1. The highest BCUT2D eigenvalue weighted by Gasteiger charge is 2.42. The van der Waals surface area contributed by atoms with Crippen molar-refractivity contribution in [3.05, 3.63) is 41.2 Å². The van der Waals surface area contributed by atoms with Gasteiger partial charge in [-0.3, -0.25) is 4.79 Å². The van der Waals surface area contributed by atoms with Crippen molar-refractivity contribution < 1.29 is 22.4 Å². The first-order valence-corrected chi connectivity index (χ1v) is 10.5. The summed E-state index contributed by atoms with van der Waals surface area (Å²) in [5, 5.41) is 3.04. The molecule has 0 spiro atoms. The normalized spacial score (nSPS) is 16.3. The van der Waals surface area contributed by atoms with Crippen LogP contribution in [0.15, 0.2) is 24.7 Å². The van der Waals surface area contributed by atoms with Crippen LogP contribution in [-0.4, -0.2) is 38.6 Å². The van der Waals surface area contributed by atoms with E-state index < -0.39 is 29.9 Å². The lowest BCUT2D eigenvalue weighted by atomic mass is 9.70. The second-order valence-electron chi connectivity index (χ2n) is 8.06. The lowest BCUT2D eigenvalue weighted by molar-refractivity contribution is -0.146. The number of hydrogen-bond donors (Lipinski definition) is 2. The fraction of sp³-hybridized carbons (Fsp3) is 0.429. The Labute approximate surface area is 185 Å². The third-order valence-electron chi connectivity index (χ3n) is 5.80. The van der Waals surface area contributed by atoms with Gasteiger partial charge in [-0.2, -0.15) is 13.2 Å². The number of nitrogens with one attached hydrogen (secondary N) is 2. The standard InChI is InChI=1S/C21H20ClF4N5O/c22-12-6-13-14(9-28-17(13)27-8-12)18-29-10-15(23)16(31-18)7-20(4-2-1-3-5-20)19(32)30-11-21(24,25)26/h6,8-10H,1-5,7,11H2,(H,27,28)(H,30,32). The van der Waals surface area contributed by atoms with Crippen LogP contribution < -0.4 is 5.32 Å². The Kier molecular flexibility index (Phi) is 6.07. The molecule has 0 atom stereocenters. The van der Waals surface area contributed by atoms with Crippen molar-refractivity contribution in [2.24, 2.45) is 5.41 Å². The van der Waals surface area contributed by atoms with Gasteiger partial charge in [0.2, 0.25) is 5.91 Å². The molecule has 0 saturated heterocycles. The van der Waals surface area contributed by atoms with Crippen molar-refractivity contribution >= 4 is 28.5 Å². The third kappa shape index (κ3) is 4.69. The van der Waals surface area contributed by atoms with Crippen LogP contribution in [0, 0.1) is 11.2 Å². The first-order valence-electron chi connectivity index (χ1n) is 10.2. The Bertz CT molecular complexity index is 1140. The molecule has 0 bridgehead atoms. The first-order chi connectivity index (χ1) is 15.2. The summed E-state index contributed by atoms with van der Waals surface area (Å²) in [6.45, 7) is -1.42. The van der Waals surface area contributed by atoms with Gasteiger partial charge in [-0.1, -0.05) is 30.9 Å². The molecule has 1 saturated carbocycles. The van der Waals surface area contributed by atoms with Crippen molar-refractivity contribution in [3.63, 3.8) is 0 Å². The Hall–Kier alpha value is -2.75. The van der Waals surface area contributed by atoms with Crippen LogP contribution in [0.3, 0.4) is 0 Å². The molecule has 0 aromatic carbocycles. The Morgan fingerprint density at radius 2 is 1.94 bits per heavy atom. The monoisotopic (exact) mass is 469 g/mol. The molecule has 1 aliphatic carbocycles. The van der Waals surface area contributed by atoms with Gasteiger partial charge >= 0.3 is 6.18 Å². The number of pyridine rings is 1. The van der Waals surface area contributed by atoms with Crippen molar-refractivity contribution in [2.75, 3.05) is 6.54 Å². The molecule has 0 aliphatic heterocycles. The topological polar surface area (TPSA) is 83.6 Å². The largest absolute Gasteiger partial charge is 0.405 e. The minimum Gasteiger partial charge on any atom is -0.346 e. The number of hydrogen-bond acceptors (Lipinski definition) is 4. The quantitative estimate of drug-likeness (QED) is 0.516. The second kappa shape index (κ2) is 8.65. The molecule has 3 aromatic heterocycles. The molecule has 0 unspecified atom stereocenters. The fourth-order valence-electron chi connectivity index (χ4n) is 4.22. The van der Waals surface area contributed by atoms with E-state index in [0.717, 1.165) is 12.6 Å². The lowest BCUT2D eigenvalue weighted by Gasteiger charge is -2.36. The summed E-state index contributed by atoms with van der Waals surface area (Å²) >= 11 is 6.03. The van der Waals surface area contributed by atoms with Crippen LogP contribution in [0.4, 0.5) is 17.6 Å². The Morgan fingerprint density at radius 1 is 1.19 bits per heavy atom. The molecule has 170 valence electrons. The van der Waals surface area contributed by atoms with Crippen LogP contribution in [0.2, 0.25) is 5.02 Å². The van der Waals surface area contributed by atoms with Gasteiger partial charge in [0, 0.05) is 29.8 Å². The van der Waals surface area contributed by atoms with Crippen LogP contribution in [0.25, 0.3) is 22.4 Å². The minimum absolute atomic E-state index is 0.0107. The van der Waals surface area contributed by atoms with Crippen LogP contribution in [0.1, 0.15) is 37.8 Å². The van der Waals surface area contributed by atoms with Gasteiger partial charge < -0.3 is 10.3 Å².